The maximum atomic E-state index is 5.85. The maximum absolute atomic E-state index is 5.85. The van der Waals surface area contributed by atoms with Crippen molar-refractivity contribution in [1.29, 1.82) is 0 Å². The minimum absolute atomic E-state index is 0.519. The van der Waals surface area contributed by atoms with Crippen molar-refractivity contribution < 1.29 is 0 Å². The highest BCUT2D eigenvalue weighted by atomic mass is 35.5. The first-order valence-electron chi connectivity index (χ1n) is 5.35. The Morgan fingerprint density at radius 2 is 2.40 bits per heavy atom. The second-order valence-corrected chi connectivity index (χ2v) is 4.34. The van der Waals surface area contributed by atoms with Crippen LogP contribution in [0, 0.1) is 0 Å². The highest BCUT2D eigenvalue weighted by Crippen LogP contribution is 2.18. The smallest absolute Gasteiger partial charge is 0.129 e. The number of nitrogens with two attached hydrogens (primary N) is 1. The molecule has 1 aromatic rings. The molecule has 2 heterocycles. The molecule has 1 unspecified atom stereocenters. The molecule has 0 saturated carbocycles. The van der Waals surface area contributed by atoms with E-state index in [0.29, 0.717) is 11.2 Å². The Morgan fingerprint density at radius 1 is 1.53 bits per heavy atom. The Bertz CT molecular complexity index is 329. The third-order valence-electron chi connectivity index (χ3n) is 2.91. The van der Waals surface area contributed by atoms with Crippen molar-refractivity contribution in [2.24, 2.45) is 5.73 Å². The normalized spacial score (nSPS) is 22.1. The summed E-state index contributed by atoms with van der Waals surface area (Å²) in [7, 11) is 0. The molecule has 1 aliphatic rings. The molecule has 82 valence electrons. The number of pyridine rings is 1. The summed E-state index contributed by atoms with van der Waals surface area (Å²) in [5.74, 6) is 0. The van der Waals surface area contributed by atoms with E-state index in [1.165, 1.54) is 12.8 Å². The molecule has 0 amide bonds. The Kier molecular flexibility index (Phi) is 3.57. The van der Waals surface area contributed by atoms with Crippen LogP contribution in [0.2, 0.25) is 5.15 Å². The zero-order valence-corrected chi connectivity index (χ0v) is 9.45. The fraction of sp³-hybridized carbons (Fsp3) is 0.545. The van der Waals surface area contributed by atoms with E-state index in [-0.39, 0.29) is 0 Å². The molecule has 1 atom stereocenters. The van der Waals surface area contributed by atoms with Crippen LogP contribution in [0.1, 0.15) is 18.5 Å². The Hall–Kier alpha value is -0.640. The topological polar surface area (TPSA) is 42.1 Å². The molecule has 2 rings (SSSR count). The number of nitrogens with zero attached hydrogens (tertiary/aromatic N) is 2. The summed E-state index contributed by atoms with van der Waals surface area (Å²) in [4.78, 5) is 6.68. The molecule has 0 bridgehead atoms. The van der Waals surface area contributed by atoms with Crippen LogP contribution in [0.25, 0.3) is 0 Å². The average molecular weight is 226 g/mol. The van der Waals surface area contributed by atoms with Gasteiger partial charge in [-0.3, -0.25) is 4.90 Å². The average Bonchev–Trinajstić information content (AvgIpc) is 2.65. The number of likely N-dealkylation sites (tertiary alicyclic amines) is 1. The quantitative estimate of drug-likeness (QED) is 0.796. The first kappa shape index (κ1) is 10.9. The molecule has 0 radical (unpaired) electrons. The lowest BCUT2D eigenvalue weighted by molar-refractivity contribution is 0.247. The summed E-state index contributed by atoms with van der Waals surface area (Å²) in [6, 6.07) is 6.27. The highest BCUT2D eigenvalue weighted by Gasteiger charge is 2.23. The Labute approximate surface area is 95.2 Å². The Balaban J connectivity index is 2.02. The first-order valence-corrected chi connectivity index (χ1v) is 5.73. The van der Waals surface area contributed by atoms with Gasteiger partial charge in [0.25, 0.3) is 0 Å². The fourth-order valence-corrected chi connectivity index (χ4v) is 2.30. The molecule has 1 fully saturated rings. The van der Waals surface area contributed by atoms with E-state index >= 15 is 0 Å². The van der Waals surface area contributed by atoms with Gasteiger partial charge in [0, 0.05) is 19.1 Å². The lowest BCUT2D eigenvalue weighted by Crippen LogP contribution is -2.35. The third-order valence-corrected chi connectivity index (χ3v) is 3.12. The molecule has 1 saturated heterocycles. The van der Waals surface area contributed by atoms with Crippen molar-refractivity contribution in [3.63, 3.8) is 0 Å². The van der Waals surface area contributed by atoms with Crippen LogP contribution < -0.4 is 5.73 Å². The predicted molar refractivity (Wildman–Crippen MR) is 61.7 cm³/mol. The summed E-state index contributed by atoms with van der Waals surface area (Å²) in [5, 5.41) is 0.566. The second kappa shape index (κ2) is 4.92. The van der Waals surface area contributed by atoms with Gasteiger partial charge < -0.3 is 5.73 Å². The minimum atomic E-state index is 0.519. The van der Waals surface area contributed by atoms with Crippen molar-refractivity contribution >= 4 is 11.6 Å². The summed E-state index contributed by atoms with van der Waals surface area (Å²) in [6.07, 6.45) is 2.44. The molecule has 4 heteroatoms. The van der Waals surface area contributed by atoms with Crippen molar-refractivity contribution in [1.82, 2.24) is 9.88 Å². The van der Waals surface area contributed by atoms with Gasteiger partial charge in [-0.05, 0) is 31.5 Å². The van der Waals surface area contributed by atoms with Crippen LogP contribution in [0.15, 0.2) is 18.2 Å². The van der Waals surface area contributed by atoms with E-state index in [1.54, 1.807) is 6.07 Å². The van der Waals surface area contributed by atoms with Gasteiger partial charge in [-0.15, -0.1) is 0 Å². The number of hydrogen-bond acceptors (Lipinski definition) is 3. The molecule has 2 N–H and O–H groups in total. The monoisotopic (exact) mass is 225 g/mol. The third kappa shape index (κ3) is 2.68. The molecular formula is C11H16ClN3. The van der Waals surface area contributed by atoms with E-state index < -0.39 is 0 Å². The SMILES string of the molecule is NCC1CCCN1Cc1cccc(Cl)n1. The van der Waals surface area contributed by atoms with E-state index in [9.17, 15) is 0 Å². The van der Waals surface area contributed by atoms with Gasteiger partial charge in [0.05, 0.1) is 5.69 Å². The largest absolute Gasteiger partial charge is 0.329 e. The molecule has 15 heavy (non-hydrogen) atoms. The van der Waals surface area contributed by atoms with Gasteiger partial charge in [0.15, 0.2) is 0 Å². The van der Waals surface area contributed by atoms with Crippen LogP contribution in [0.5, 0.6) is 0 Å². The van der Waals surface area contributed by atoms with Crippen molar-refractivity contribution in [3.05, 3.63) is 29.0 Å². The van der Waals surface area contributed by atoms with Crippen LogP contribution in [-0.2, 0) is 6.54 Å². The standard InChI is InChI=1S/C11H16ClN3/c12-11-5-1-3-9(14-11)8-15-6-2-4-10(15)7-13/h1,3,5,10H,2,4,6-8,13H2. The molecular weight excluding hydrogens is 210 g/mol. The van der Waals surface area contributed by atoms with E-state index in [1.807, 2.05) is 12.1 Å². The lowest BCUT2D eigenvalue weighted by Gasteiger charge is -2.22. The van der Waals surface area contributed by atoms with Crippen LogP contribution in [0.3, 0.4) is 0 Å². The number of aromatic nitrogens is 1. The molecule has 1 aromatic heterocycles. The zero-order chi connectivity index (χ0) is 10.7. The summed E-state index contributed by atoms with van der Waals surface area (Å²) >= 11 is 5.85. The van der Waals surface area contributed by atoms with Crippen LogP contribution in [0.4, 0.5) is 0 Å². The van der Waals surface area contributed by atoms with Crippen molar-refractivity contribution in [3.8, 4) is 0 Å². The minimum Gasteiger partial charge on any atom is -0.329 e. The van der Waals surface area contributed by atoms with Gasteiger partial charge in [-0.2, -0.15) is 0 Å². The van der Waals surface area contributed by atoms with E-state index in [0.717, 1.165) is 25.3 Å². The van der Waals surface area contributed by atoms with Gasteiger partial charge in [0.2, 0.25) is 0 Å². The van der Waals surface area contributed by atoms with Crippen LogP contribution >= 0.6 is 11.6 Å². The lowest BCUT2D eigenvalue weighted by atomic mass is 10.2. The summed E-state index contributed by atoms with van der Waals surface area (Å²) in [5.41, 5.74) is 6.75. The predicted octanol–water partition coefficient (Wildman–Crippen LogP) is 1.66. The maximum Gasteiger partial charge on any atom is 0.129 e. The van der Waals surface area contributed by atoms with E-state index in [2.05, 4.69) is 9.88 Å². The number of rotatable bonds is 3. The molecule has 1 aliphatic heterocycles. The summed E-state index contributed by atoms with van der Waals surface area (Å²) < 4.78 is 0. The van der Waals surface area contributed by atoms with Crippen LogP contribution in [-0.4, -0.2) is 29.0 Å². The molecule has 0 aliphatic carbocycles. The van der Waals surface area contributed by atoms with Gasteiger partial charge in [-0.1, -0.05) is 17.7 Å². The van der Waals surface area contributed by atoms with Gasteiger partial charge >= 0.3 is 0 Å². The first-order chi connectivity index (χ1) is 7.29. The molecule has 3 nitrogen and oxygen atoms in total. The number of hydrogen-bond donors (Lipinski definition) is 1. The molecule has 0 aromatic carbocycles. The van der Waals surface area contributed by atoms with E-state index in [4.69, 9.17) is 17.3 Å². The molecule has 0 spiro atoms. The highest BCUT2D eigenvalue weighted by molar-refractivity contribution is 6.29. The summed E-state index contributed by atoms with van der Waals surface area (Å²) in [6.45, 7) is 2.72. The number of halogens is 1. The van der Waals surface area contributed by atoms with Crippen molar-refractivity contribution in [2.75, 3.05) is 13.1 Å². The Morgan fingerprint density at radius 3 is 3.13 bits per heavy atom. The van der Waals surface area contributed by atoms with Gasteiger partial charge in [0.1, 0.15) is 5.15 Å². The fourth-order valence-electron chi connectivity index (χ4n) is 2.12. The second-order valence-electron chi connectivity index (χ2n) is 3.95. The van der Waals surface area contributed by atoms with Crippen molar-refractivity contribution in [2.45, 2.75) is 25.4 Å². The van der Waals surface area contributed by atoms with Gasteiger partial charge in [-0.25, -0.2) is 4.98 Å². The zero-order valence-electron chi connectivity index (χ0n) is 8.69.